The van der Waals surface area contributed by atoms with Crippen molar-refractivity contribution in [2.24, 2.45) is 11.8 Å². The van der Waals surface area contributed by atoms with Crippen molar-refractivity contribution in [3.8, 4) is 0 Å². The van der Waals surface area contributed by atoms with Gasteiger partial charge in [-0.1, -0.05) is 18.2 Å². The van der Waals surface area contributed by atoms with Crippen molar-refractivity contribution in [1.82, 2.24) is 10.2 Å². The maximum Gasteiger partial charge on any atom is 0.225 e. The Kier molecular flexibility index (Phi) is 4.53. The molecule has 4 rings (SSSR count). The van der Waals surface area contributed by atoms with Gasteiger partial charge in [-0.25, -0.2) is 0 Å². The molecule has 5 heteroatoms. The van der Waals surface area contributed by atoms with Crippen LogP contribution in [-0.2, 0) is 9.59 Å². The summed E-state index contributed by atoms with van der Waals surface area (Å²) >= 11 is 1.87. The van der Waals surface area contributed by atoms with E-state index >= 15 is 0 Å². The minimum absolute atomic E-state index is 0.0526. The molecule has 0 spiro atoms. The molecule has 0 bridgehead atoms. The van der Waals surface area contributed by atoms with E-state index in [1.165, 1.54) is 10.5 Å². The van der Waals surface area contributed by atoms with Crippen LogP contribution in [0.5, 0.6) is 0 Å². The van der Waals surface area contributed by atoms with Crippen molar-refractivity contribution in [2.45, 2.75) is 43.0 Å². The predicted octanol–water partition coefficient (Wildman–Crippen LogP) is 2.99. The summed E-state index contributed by atoms with van der Waals surface area (Å²) in [5.74, 6) is 1.62. The number of hydrogen-bond donors (Lipinski definition) is 1. The number of rotatable bonds is 3. The van der Waals surface area contributed by atoms with Gasteiger partial charge in [0, 0.05) is 29.7 Å². The number of piperidine rings is 1. The lowest BCUT2D eigenvalue weighted by Crippen LogP contribution is -2.46. The molecule has 2 heterocycles. The van der Waals surface area contributed by atoms with Gasteiger partial charge < -0.3 is 10.2 Å². The van der Waals surface area contributed by atoms with Crippen LogP contribution < -0.4 is 5.32 Å². The van der Waals surface area contributed by atoms with Gasteiger partial charge >= 0.3 is 0 Å². The molecule has 1 aromatic carbocycles. The number of nitrogens with zero attached hydrogens (tertiary/aromatic N) is 1. The second kappa shape index (κ2) is 6.79. The normalized spacial score (nSPS) is 26.6. The summed E-state index contributed by atoms with van der Waals surface area (Å²) in [6.45, 7) is 1.42. The van der Waals surface area contributed by atoms with Gasteiger partial charge in [0.05, 0.1) is 12.0 Å². The molecule has 2 fully saturated rings. The minimum atomic E-state index is -0.0526. The van der Waals surface area contributed by atoms with E-state index in [1.807, 2.05) is 22.7 Å². The van der Waals surface area contributed by atoms with Gasteiger partial charge in [0.15, 0.2) is 0 Å². The molecular formula is C19H24N2O2S. The zero-order valence-electron chi connectivity index (χ0n) is 13.9. The van der Waals surface area contributed by atoms with Crippen LogP contribution in [0.1, 0.15) is 43.7 Å². The van der Waals surface area contributed by atoms with Gasteiger partial charge in [-0.3, -0.25) is 9.59 Å². The minimum Gasteiger partial charge on any atom is -0.349 e. The Morgan fingerprint density at radius 2 is 1.92 bits per heavy atom. The van der Waals surface area contributed by atoms with Crippen LogP contribution in [0.15, 0.2) is 29.2 Å². The van der Waals surface area contributed by atoms with Gasteiger partial charge in [0.1, 0.15) is 0 Å². The van der Waals surface area contributed by atoms with Gasteiger partial charge in [0.25, 0.3) is 0 Å². The molecule has 2 aliphatic heterocycles. The Morgan fingerprint density at radius 1 is 1.08 bits per heavy atom. The lowest BCUT2D eigenvalue weighted by molar-refractivity contribution is -0.137. The van der Waals surface area contributed by atoms with Gasteiger partial charge in [-0.15, -0.1) is 11.8 Å². The Bertz CT molecular complexity index is 644. The maximum atomic E-state index is 12.8. The number of thioether (sulfide) groups is 1. The van der Waals surface area contributed by atoms with E-state index < -0.39 is 0 Å². The number of carbonyl (C=O) groups is 2. The molecule has 1 N–H and O–H groups in total. The highest BCUT2D eigenvalue weighted by atomic mass is 32.2. The third-order valence-electron chi connectivity index (χ3n) is 5.31. The van der Waals surface area contributed by atoms with Crippen LogP contribution in [0.25, 0.3) is 0 Å². The highest BCUT2D eigenvalue weighted by Gasteiger charge is 2.37. The van der Waals surface area contributed by atoms with E-state index in [9.17, 15) is 9.59 Å². The van der Waals surface area contributed by atoms with Crippen LogP contribution in [0.4, 0.5) is 0 Å². The van der Waals surface area contributed by atoms with E-state index in [-0.39, 0.29) is 29.7 Å². The average molecular weight is 344 g/mol. The second-order valence-electron chi connectivity index (χ2n) is 7.13. The molecule has 0 unspecified atom stereocenters. The zero-order valence-corrected chi connectivity index (χ0v) is 14.7. The monoisotopic (exact) mass is 344 g/mol. The highest BCUT2D eigenvalue weighted by Crippen LogP contribution is 2.36. The third kappa shape index (κ3) is 3.32. The fraction of sp³-hybridized carbons (Fsp3) is 0.579. The van der Waals surface area contributed by atoms with E-state index in [2.05, 4.69) is 23.5 Å². The molecule has 1 aromatic rings. The molecule has 2 amide bonds. The van der Waals surface area contributed by atoms with Crippen molar-refractivity contribution in [1.29, 1.82) is 0 Å². The number of benzene rings is 1. The van der Waals surface area contributed by atoms with E-state index in [4.69, 9.17) is 0 Å². The smallest absolute Gasteiger partial charge is 0.225 e. The number of nitrogens with one attached hydrogen (secondary N) is 1. The largest absolute Gasteiger partial charge is 0.349 e. The van der Waals surface area contributed by atoms with Crippen LogP contribution in [0, 0.1) is 11.8 Å². The predicted molar refractivity (Wildman–Crippen MR) is 94.7 cm³/mol. The highest BCUT2D eigenvalue weighted by molar-refractivity contribution is 7.99. The molecule has 128 valence electrons. The molecule has 0 radical (unpaired) electrons. The molecule has 3 aliphatic rings. The summed E-state index contributed by atoms with van der Waals surface area (Å²) in [4.78, 5) is 28.3. The molecule has 2 atom stereocenters. The van der Waals surface area contributed by atoms with Crippen molar-refractivity contribution < 1.29 is 9.59 Å². The first-order chi connectivity index (χ1) is 11.7. The summed E-state index contributed by atoms with van der Waals surface area (Å²) in [6, 6.07) is 8.47. The standard InChI is InChI=1S/C19H24N2O2S/c22-18(14-4-3-10-21(12-14)19(23)13-7-8-13)20-16-9-11-24-17-6-2-1-5-15(16)17/h1-2,5-6,13-14,16H,3-4,7-12H2,(H,20,22)/t14-,16-/m1/s1. The second-order valence-corrected chi connectivity index (χ2v) is 8.27. The van der Waals surface area contributed by atoms with Crippen LogP contribution in [-0.4, -0.2) is 35.6 Å². The number of carbonyl (C=O) groups excluding carboxylic acids is 2. The topological polar surface area (TPSA) is 49.4 Å². The lowest BCUT2D eigenvalue weighted by Gasteiger charge is -2.34. The Balaban J connectivity index is 1.40. The van der Waals surface area contributed by atoms with E-state index in [0.29, 0.717) is 6.54 Å². The molecule has 4 nitrogen and oxygen atoms in total. The number of fused-ring (bicyclic) bond motifs is 1. The van der Waals surface area contributed by atoms with Crippen LogP contribution in [0.2, 0.25) is 0 Å². The SMILES string of the molecule is O=C(N[C@@H]1CCSc2ccccc21)[C@@H]1CCCN(C(=O)C2CC2)C1. The number of hydrogen-bond acceptors (Lipinski definition) is 3. The van der Waals surface area contributed by atoms with Crippen molar-refractivity contribution in [3.05, 3.63) is 29.8 Å². The molecule has 1 aliphatic carbocycles. The van der Waals surface area contributed by atoms with Crippen molar-refractivity contribution in [2.75, 3.05) is 18.8 Å². The summed E-state index contributed by atoms with van der Waals surface area (Å²) in [5, 5.41) is 3.26. The van der Waals surface area contributed by atoms with Gasteiger partial charge in [0.2, 0.25) is 11.8 Å². The average Bonchev–Trinajstić information content (AvgIpc) is 3.47. The molecule has 1 saturated carbocycles. The maximum absolute atomic E-state index is 12.8. The van der Waals surface area contributed by atoms with Gasteiger partial charge in [-0.05, 0) is 43.7 Å². The van der Waals surface area contributed by atoms with Crippen molar-refractivity contribution >= 4 is 23.6 Å². The van der Waals surface area contributed by atoms with Crippen LogP contribution in [0.3, 0.4) is 0 Å². The first-order valence-corrected chi connectivity index (χ1v) is 10.0. The van der Waals surface area contributed by atoms with Gasteiger partial charge in [-0.2, -0.15) is 0 Å². The van der Waals surface area contributed by atoms with E-state index in [1.54, 1.807) is 0 Å². The molecule has 1 saturated heterocycles. The molecular weight excluding hydrogens is 320 g/mol. The zero-order chi connectivity index (χ0) is 16.5. The molecule has 0 aromatic heterocycles. The molecule has 24 heavy (non-hydrogen) atoms. The summed E-state index contributed by atoms with van der Waals surface area (Å²) in [5.41, 5.74) is 1.24. The fourth-order valence-corrected chi connectivity index (χ4v) is 4.89. The Labute approximate surface area is 147 Å². The Hall–Kier alpha value is -1.49. The third-order valence-corrected chi connectivity index (χ3v) is 6.43. The Morgan fingerprint density at radius 3 is 2.75 bits per heavy atom. The summed E-state index contributed by atoms with van der Waals surface area (Å²) in [7, 11) is 0. The van der Waals surface area contributed by atoms with Crippen LogP contribution >= 0.6 is 11.8 Å². The van der Waals surface area contributed by atoms with Crippen molar-refractivity contribution in [3.63, 3.8) is 0 Å². The quantitative estimate of drug-likeness (QED) is 0.917. The summed E-state index contributed by atoms with van der Waals surface area (Å²) < 4.78 is 0. The fourth-order valence-electron chi connectivity index (χ4n) is 3.76. The summed E-state index contributed by atoms with van der Waals surface area (Å²) in [6.07, 6.45) is 4.87. The first-order valence-electron chi connectivity index (χ1n) is 9.03. The number of amides is 2. The number of likely N-dealkylation sites (tertiary alicyclic amines) is 1. The first kappa shape index (κ1) is 16.0. The lowest BCUT2D eigenvalue weighted by atomic mass is 9.95. The van der Waals surface area contributed by atoms with E-state index in [0.717, 1.165) is 44.4 Å².